The highest BCUT2D eigenvalue weighted by atomic mass is 32.2. The fourth-order valence-electron chi connectivity index (χ4n) is 2.62. The second kappa shape index (κ2) is 6.22. The average molecular weight is 361 g/mol. The molecule has 0 bridgehead atoms. The highest BCUT2D eigenvalue weighted by Gasteiger charge is 2.31. The van der Waals surface area contributed by atoms with Crippen molar-refractivity contribution < 1.29 is 12.8 Å². The molecular weight excluding hydrogens is 341 g/mol. The van der Waals surface area contributed by atoms with Gasteiger partial charge in [0.2, 0.25) is 0 Å². The molecule has 25 heavy (non-hydrogen) atoms. The molecule has 1 aromatic carbocycles. The third-order valence-corrected chi connectivity index (χ3v) is 5.33. The van der Waals surface area contributed by atoms with Crippen LogP contribution < -0.4 is 5.32 Å². The largest absolute Gasteiger partial charge is 0.339 e. The fraction of sp³-hybridized carbons (Fsp3) is 0.333. The number of pyridine rings is 1. The van der Waals surface area contributed by atoms with Crippen LogP contribution in [0.4, 0.5) is 10.1 Å². The number of hydrogen-bond donors (Lipinski definition) is 1. The molecule has 2 heterocycles. The Balaban J connectivity index is 2.08. The molecule has 132 valence electrons. The van der Waals surface area contributed by atoms with Gasteiger partial charge >= 0.3 is 0 Å². The summed E-state index contributed by atoms with van der Waals surface area (Å²) >= 11 is 0. The first kappa shape index (κ1) is 17.5. The van der Waals surface area contributed by atoms with Crippen LogP contribution in [0, 0.1) is 5.82 Å². The van der Waals surface area contributed by atoms with E-state index in [9.17, 15) is 12.8 Å². The lowest BCUT2D eigenvalue weighted by Gasteiger charge is -2.14. The molecule has 1 aromatic heterocycles. The van der Waals surface area contributed by atoms with E-state index >= 15 is 0 Å². The normalized spacial score (nSPS) is 15.4. The average Bonchev–Trinajstić information content (AvgIpc) is 2.78. The summed E-state index contributed by atoms with van der Waals surface area (Å²) in [4.78, 5) is 4.51. The van der Waals surface area contributed by atoms with Crippen LogP contribution in [-0.4, -0.2) is 19.2 Å². The van der Waals surface area contributed by atoms with Crippen molar-refractivity contribution in [3.05, 3.63) is 53.1 Å². The Kier molecular flexibility index (Phi) is 4.36. The maximum atomic E-state index is 14.2. The van der Waals surface area contributed by atoms with Crippen molar-refractivity contribution in [2.75, 3.05) is 5.32 Å². The summed E-state index contributed by atoms with van der Waals surface area (Å²) in [6, 6.07) is 7.62. The summed E-state index contributed by atoms with van der Waals surface area (Å²) in [5, 5.41) is 2.97. The Labute approximate surface area is 147 Å². The van der Waals surface area contributed by atoms with Gasteiger partial charge in [-0.05, 0) is 36.1 Å². The van der Waals surface area contributed by atoms with Gasteiger partial charge in [0, 0.05) is 17.1 Å². The minimum Gasteiger partial charge on any atom is -0.339 e. The van der Waals surface area contributed by atoms with Crippen molar-refractivity contribution in [1.29, 1.82) is 0 Å². The van der Waals surface area contributed by atoms with Crippen LogP contribution in [-0.2, 0) is 10.0 Å². The van der Waals surface area contributed by atoms with Crippen molar-refractivity contribution in [1.82, 2.24) is 4.98 Å². The Morgan fingerprint density at radius 2 is 1.64 bits per heavy atom. The topological polar surface area (TPSA) is 71.4 Å². The molecule has 2 aromatic rings. The van der Waals surface area contributed by atoms with Crippen molar-refractivity contribution in [2.45, 2.75) is 44.4 Å². The number of sulfonamides is 1. The predicted molar refractivity (Wildman–Crippen MR) is 96.2 cm³/mol. The number of benzene rings is 1. The summed E-state index contributed by atoms with van der Waals surface area (Å²) in [6.45, 7) is 8.12. The fourth-order valence-corrected chi connectivity index (χ4v) is 3.80. The molecule has 0 amide bonds. The van der Waals surface area contributed by atoms with Crippen LogP contribution in [0.3, 0.4) is 0 Å². The van der Waals surface area contributed by atoms with Gasteiger partial charge in [0.15, 0.2) is 5.84 Å². The molecule has 0 saturated carbocycles. The maximum Gasteiger partial charge on any atom is 0.285 e. The minimum absolute atomic E-state index is 0.00344. The van der Waals surface area contributed by atoms with E-state index in [0.29, 0.717) is 5.69 Å². The maximum absolute atomic E-state index is 14.2. The van der Waals surface area contributed by atoms with Crippen molar-refractivity contribution in [2.24, 2.45) is 4.40 Å². The molecule has 1 aliphatic heterocycles. The second-order valence-corrected chi connectivity index (χ2v) is 8.24. The molecule has 0 unspecified atom stereocenters. The van der Waals surface area contributed by atoms with E-state index in [1.54, 1.807) is 0 Å². The van der Waals surface area contributed by atoms with Gasteiger partial charge in [-0.15, -0.1) is 4.40 Å². The number of amidine groups is 1. The molecule has 0 fully saturated rings. The molecular formula is C18H20FN3O2S. The number of halogens is 1. The third-order valence-electron chi connectivity index (χ3n) is 4.01. The SMILES string of the molecule is CC(C)c1cc(NC2=NS(=O)(=O)c3cccc(F)c32)cc(C(C)C)n1. The van der Waals surface area contributed by atoms with Crippen LogP contribution in [0.1, 0.15) is 56.5 Å². The first-order valence-electron chi connectivity index (χ1n) is 8.12. The van der Waals surface area contributed by atoms with Gasteiger partial charge in [0.05, 0.1) is 5.56 Å². The lowest BCUT2D eigenvalue weighted by Crippen LogP contribution is -2.14. The highest BCUT2D eigenvalue weighted by molar-refractivity contribution is 7.90. The minimum atomic E-state index is -3.88. The van der Waals surface area contributed by atoms with E-state index < -0.39 is 15.8 Å². The molecule has 3 rings (SSSR count). The van der Waals surface area contributed by atoms with Crippen LogP contribution in [0.15, 0.2) is 39.6 Å². The van der Waals surface area contributed by atoms with Crippen LogP contribution in [0.25, 0.3) is 0 Å². The number of hydrogen-bond acceptors (Lipinski definition) is 4. The zero-order valence-corrected chi connectivity index (χ0v) is 15.4. The number of nitrogens with one attached hydrogen (secondary N) is 1. The summed E-state index contributed by atoms with van der Waals surface area (Å²) in [5.41, 5.74) is 2.39. The summed E-state index contributed by atoms with van der Waals surface area (Å²) in [6.07, 6.45) is 0. The van der Waals surface area contributed by atoms with Crippen molar-refractivity contribution >= 4 is 21.5 Å². The van der Waals surface area contributed by atoms with Crippen molar-refractivity contribution in [3.8, 4) is 0 Å². The quantitative estimate of drug-likeness (QED) is 0.896. The number of nitrogens with zero attached hydrogens (tertiary/aromatic N) is 2. The van der Waals surface area contributed by atoms with Crippen LogP contribution in [0.5, 0.6) is 0 Å². The standard InChI is InChI=1S/C18H20FN3O2S/c1-10(2)14-8-12(9-15(21-14)11(3)4)20-18-17-13(19)6-5-7-16(17)25(23,24)22-18/h5-11H,1-4H3,(H,20,21,22). The molecule has 0 aliphatic carbocycles. The van der Waals surface area contributed by atoms with Gasteiger partial charge in [-0.1, -0.05) is 33.8 Å². The highest BCUT2D eigenvalue weighted by Crippen LogP contribution is 2.30. The first-order valence-corrected chi connectivity index (χ1v) is 9.56. The number of fused-ring (bicyclic) bond motifs is 1. The van der Waals surface area contributed by atoms with E-state index in [2.05, 4.69) is 14.7 Å². The molecule has 0 atom stereocenters. The lowest BCUT2D eigenvalue weighted by atomic mass is 10.0. The number of aromatic nitrogens is 1. The van der Waals surface area contributed by atoms with Gasteiger partial charge in [-0.2, -0.15) is 8.42 Å². The summed E-state index contributed by atoms with van der Waals surface area (Å²) in [5.74, 6) is -0.203. The Bertz CT molecular complexity index is 940. The number of rotatable bonds is 3. The Morgan fingerprint density at radius 3 is 2.20 bits per heavy atom. The van der Waals surface area contributed by atoms with Crippen molar-refractivity contribution in [3.63, 3.8) is 0 Å². The van der Waals surface area contributed by atoms with Gasteiger partial charge < -0.3 is 5.32 Å². The number of anilines is 1. The molecule has 1 N–H and O–H groups in total. The third kappa shape index (κ3) is 3.28. The van der Waals surface area contributed by atoms with E-state index in [4.69, 9.17) is 0 Å². The monoisotopic (exact) mass is 361 g/mol. The smallest absolute Gasteiger partial charge is 0.285 e. The Morgan fingerprint density at radius 1 is 1.04 bits per heavy atom. The molecule has 1 aliphatic rings. The summed E-state index contributed by atoms with van der Waals surface area (Å²) < 4.78 is 42.2. The van der Waals surface area contributed by atoms with Crippen LogP contribution in [0.2, 0.25) is 0 Å². The van der Waals surface area contributed by atoms with Gasteiger partial charge in [-0.3, -0.25) is 4.98 Å². The zero-order valence-electron chi connectivity index (χ0n) is 14.5. The molecule has 7 heteroatoms. The van der Waals surface area contributed by atoms with E-state index in [1.165, 1.54) is 18.2 Å². The summed E-state index contributed by atoms with van der Waals surface area (Å²) in [7, 11) is -3.88. The molecule has 0 spiro atoms. The van der Waals surface area contributed by atoms with Gasteiger partial charge in [-0.25, -0.2) is 4.39 Å². The van der Waals surface area contributed by atoms with E-state index in [1.807, 2.05) is 39.8 Å². The molecule has 0 saturated heterocycles. The molecule has 5 nitrogen and oxygen atoms in total. The lowest BCUT2D eigenvalue weighted by molar-refractivity contribution is 0.595. The van der Waals surface area contributed by atoms with Gasteiger partial charge in [0.1, 0.15) is 10.7 Å². The van der Waals surface area contributed by atoms with Gasteiger partial charge in [0.25, 0.3) is 10.0 Å². The molecule has 0 radical (unpaired) electrons. The van der Waals surface area contributed by atoms with E-state index in [-0.39, 0.29) is 28.1 Å². The first-order chi connectivity index (χ1) is 11.7. The second-order valence-electron chi connectivity index (χ2n) is 6.67. The predicted octanol–water partition coefficient (Wildman–Crippen LogP) is 4.03. The van der Waals surface area contributed by atoms with E-state index in [0.717, 1.165) is 11.4 Å². The van der Waals surface area contributed by atoms with Crippen LogP contribution >= 0.6 is 0 Å². The Hall–Kier alpha value is -2.28. The zero-order chi connectivity index (χ0) is 18.4.